The molecule has 0 saturated heterocycles. The number of aliphatic hydroxyl groups is 3. The maximum Gasteiger partial charge on any atom is 0.308 e. The number of carbonyl (C=O) groups is 2. The van der Waals surface area contributed by atoms with Crippen LogP contribution in [0.1, 0.15) is 19.8 Å². The molecule has 1 aliphatic carbocycles. The smallest absolute Gasteiger partial charge is 0.308 e. The topological polar surface area (TPSA) is 153 Å². The first kappa shape index (κ1) is 16.8. The Kier molecular flexibility index (Phi) is 5.88. The summed E-state index contributed by atoms with van der Waals surface area (Å²) in [4.78, 5) is 22.3. The van der Waals surface area contributed by atoms with Crippen LogP contribution in [0.5, 0.6) is 0 Å². The van der Waals surface area contributed by atoms with Crippen LogP contribution in [0.3, 0.4) is 0 Å². The fourth-order valence-corrected chi connectivity index (χ4v) is 2.75. The van der Waals surface area contributed by atoms with E-state index in [2.05, 4.69) is 5.32 Å². The first-order valence-corrected chi connectivity index (χ1v) is 6.50. The zero-order valence-corrected chi connectivity index (χ0v) is 11.3. The highest BCUT2D eigenvalue weighted by atomic mass is 16.4. The van der Waals surface area contributed by atoms with E-state index in [1.165, 1.54) is 6.92 Å². The molecule has 1 aliphatic rings. The number of rotatable bonds is 6. The minimum absolute atomic E-state index is 0.205. The van der Waals surface area contributed by atoms with Crippen molar-refractivity contribution in [3.63, 3.8) is 0 Å². The average molecular weight is 290 g/mol. The van der Waals surface area contributed by atoms with Gasteiger partial charge in [0.25, 0.3) is 0 Å². The molecule has 8 nitrogen and oxygen atoms in total. The van der Waals surface area contributed by atoms with Crippen LogP contribution in [0.4, 0.5) is 0 Å². The molecular weight excluding hydrogens is 268 g/mol. The Morgan fingerprint density at radius 1 is 1.35 bits per heavy atom. The molecule has 0 radical (unpaired) electrons. The minimum atomic E-state index is -1.41. The summed E-state index contributed by atoms with van der Waals surface area (Å²) in [6, 6.07) is -1.41. The Balaban J connectivity index is 2.84. The van der Waals surface area contributed by atoms with Gasteiger partial charge in [-0.2, -0.15) is 0 Å². The SMILES string of the molecule is CC(=O)NC(C(O)C(O)CO)[C@H]1CC(N)C(C(=O)O)C1. The van der Waals surface area contributed by atoms with Crippen molar-refractivity contribution in [1.82, 2.24) is 5.32 Å². The van der Waals surface area contributed by atoms with Crippen molar-refractivity contribution in [2.24, 2.45) is 17.6 Å². The number of aliphatic carboxylic acids is 1. The predicted octanol–water partition coefficient (Wildman–Crippen LogP) is -2.36. The van der Waals surface area contributed by atoms with Gasteiger partial charge in [-0.25, -0.2) is 0 Å². The van der Waals surface area contributed by atoms with Crippen molar-refractivity contribution < 1.29 is 30.0 Å². The summed E-state index contributed by atoms with van der Waals surface area (Å²) in [6.07, 6.45) is -2.27. The molecule has 0 heterocycles. The number of carboxylic acid groups (broad SMARTS) is 1. The second-order valence-electron chi connectivity index (χ2n) is 5.31. The average Bonchev–Trinajstić information content (AvgIpc) is 2.76. The van der Waals surface area contributed by atoms with Gasteiger partial charge in [0.2, 0.25) is 5.91 Å². The third-order valence-corrected chi connectivity index (χ3v) is 3.79. The van der Waals surface area contributed by atoms with Crippen molar-refractivity contribution >= 4 is 11.9 Å². The summed E-state index contributed by atoms with van der Waals surface area (Å²) in [5, 5.41) is 39.9. The van der Waals surface area contributed by atoms with Crippen LogP contribution in [0.2, 0.25) is 0 Å². The largest absolute Gasteiger partial charge is 0.481 e. The number of carboxylic acids is 1. The highest BCUT2D eigenvalue weighted by Crippen LogP contribution is 2.34. The maximum atomic E-state index is 11.2. The second kappa shape index (κ2) is 6.98. The van der Waals surface area contributed by atoms with Gasteiger partial charge in [0.05, 0.1) is 18.6 Å². The van der Waals surface area contributed by atoms with Gasteiger partial charge in [0.15, 0.2) is 0 Å². The molecule has 0 bridgehead atoms. The van der Waals surface area contributed by atoms with Crippen molar-refractivity contribution in [2.75, 3.05) is 6.61 Å². The fraction of sp³-hybridized carbons (Fsp3) is 0.833. The molecule has 1 rings (SSSR count). The molecule has 1 amide bonds. The molecule has 116 valence electrons. The van der Waals surface area contributed by atoms with Crippen molar-refractivity contribution in [2.45, 2.75) is 44.1 Å². The van der Waals surface area contributed by atoms with Gasteiger partial charge in [-0.3, -0.25) is 9.59 Å². The Hall–Kier alpha value is -1.22. The number of amides is 1. The molecular formula is C12H22N2O6. The summed E-state index contributed by atoms with van der Waals surface area (Å²) in [6.45, 7) is 0.604. The number of aliphatic hydroxyl groups excluding tert-OH is 3. The van der Waals surface area contributed by atoms with Crippen LogP contribution >= 0.6 is 0 Å². The molecule has 1 fully saturated rings. The highest BCUT2D eigenvalue weighted by Gasteiger charge is 2.43. The van der Waals surface area contributed by atoms with Gasteiger partial charge >= 0.3 is 5.97 Å². The summed E-state index contributed by atoms with van der Waals surface area (Å²) < 4.78 is 0. The number of hydrogen-bond donors (Lipinski definition) is 6. The normalized spacial score (nSPS) is 30.6. The third-order valence-electron chi connectivity index (χ3n) is 3.79. The van der Waals surface area contributed by atoms with E-state index < -0.39 is 48.7 Å². The monoisotopic (exact) mass is 290 g/mol. The van der Waals surface area contributed by atoms with Crippen molar-refractivity contribution in [3.05, 3.63) is 0 Å². The van der Waals surface area contributed by atoms with Crippen molar-refractivity contribution in [1.29, 1.82) is 0 Å². The summed E-state index contributed by atoms with van der Waals surface area (Å²) >= 11 is 0. The lowest BCUT2D eigenvalue weighted by Gasteiger charge is -2.31. The van der Waals surface area contributed by atoms with E-state index in [0.717, 1.165) is 0 Å². The highest BCUT2D eigenvalue weighted by molar-refractivity contribution is 5.73. The van der Waals surface area contributed by atoms with Gasteiger partial charge in [-0.05, 0) is 18.8 Å². The Bertz CT molecular complexity index is 364. The van der Waals surface area contributed by atoms with Crippen LogP contribution in [0.25, 0.3) is 0 Å². The van der Waals surface area contributed by atoms with Gasteiger partial charge in [0, 0.05) is 13.0 Å². The van der Waals surface area contributed by atoms with E-state index >= 15 is 0 Å². The predicted molar refractivity (Wildman–Crippen MR) is 68.5 cm³/mol. The molecule has 6 atom stereocenters. The molecule has 0 aromatic heterocycles. The van der Waals surface area contributed by atoms with Gasteiger partial charge in [-0.1, -0.05) is 0 Å². The molecule has 0 aromatic rings. The number of nitrogens with two attached hydrogens (primary N) is 1. The van der Waals surface area contributed by atoms with Crippen LogP contribution in [0, 0.1) is 11.8 Å². The lowest BCUT2D eigenvalue weighted by molar-refractivity contribution is -0.142. The lowest BCUT2D eigenvalue weighted by atomic mass is 9.90. The van der Waals surface area contributed by atoms with Gasteiger partial charge in [0.1, 0.15) is 12.2 Å². The molecule has 1 saturated carbocycles. The van der Waals surface area contributed by atoms with Crippen LogP contribution in [-0.2, 0) is 9.59 Å². The van der Waals surface area contributed by atoms with Crippen LogP contribution < -0.4 is 11.1 Å². The molecule has 0 spiro atoms. The zero-order chi connectivity index (χ0) is 15.4. The standard InChI is InChI=1S/C12H22N2O6/c1-5(16)14-10(11(18)9(17)4-15)6-2-7(12(19)20)8(13)3-6/h6-11,15,17-18H,2-4,13H2,1H3,(H,14,16)(H,19,20)/t6-,7?,8?,9?,10?,11?/m1/s1. The van der Waals surface area contributed by atoms with E-state index in [0.29, 0.717) is 6.42 Å². The van der Waals surface area contributed by atoms with E-state index in [1.54, 1.807) is 0 Å². The van der Waals surface area contributed by atoms with Gasteiger partial charge in [-0.15, -0.1) is 0 Å². The Morgan fingerprint density at radius 3 is 2.35 bits per heavy atom. The first-order chi connectivity index (χ1) is 9.27. The Morgan fingerprint density at radius 2 is 1.95 bits per heavy atom. The third kappa shape index (κ3) is 3.89. The molecule has 7 N–H and O–H groups in total. The summed E-state index contributed by atoms with van der Waals surface area (Å²) in [7, 11) is 0. The van der Waals surface area contributed by atoms with E-state index in [1.807, 2.05) is 0 Å². The van der Waals surface area contributed by atoms with Crippen LogP contribution in [-0.4, -0.2) is 63.2 Å². The van der Waals surface area contributed by atoms with Gasteiger partial charge < -0.3 is 31.5 Å². The second-order valence-corrected chi connectivity index (χ2v) is 5.31. The molecule has 20 heavy (non-hydrogen) atoms. The quantitative estimate of drug-likeness (QED) is 0.320. The van der Waals surface area contributed by atoms with E-state index in [4.69, 9.17) is 15.9 Å². The zero-order valence-electron chi connectivity index (χ0n) is 11.3. The summed E-state index contributed by atoms with van der Waals surface area (Å²) in [5.41, 5.74) is 5.76. The number of hydrogen-bond acceptors (Lipinski definition) is 6. The fourth-order valence-electron chi connectivity index (χ4n) is 2.75. The summed E-state index contributed by atoms with van der Waals surface area (Å²) in [5.74, 6) is -2.54. The molecule has 0 aliphatic heterocycles. The minimum Gasteiger partial charge on any atom is -0.481 e. The van der Waals surface area contributed by atoms with Crippen LogP contribution in [0.15, 0.2) is 0 Å². The first-order valence-electron chi connectivity index (χ1n) is 6.50. The number of carbonyl (C=O) groups excluding carboxylic acids is 1. The maximum absolute atomic E-state index is 11.2. The molecule has 8 heteroatoms. The van der Waals surface area contributed by atoms with E-state index in [-0.39, 0.29) is 12.3 Å². The lowest BCUT2D eigenvalue weighted by Crippen LogP contribution is -2.52. The van der Waals surface area contributed by atoms with E-state index in [9.17, 15) is 19.8 Å². The molecule has 0 aromatic carbocycles. The Labute approximate surface area is 116 Å². The number of nitrogens with one attached hydrogen (secondary N) is 1. The molecule has 5 unspecified atom stereocenters. The van der Waals surface area contributed by atoms with Crippen molar-refractivity contribution in [3.8, 4) is 0 Å².